The van der Waals surface area contributed by atoms with Crippen LogP contribution in [-0.2, 0) is 14.3 Å². The first-order valence-electron chi connectivity index (χ1n) is 8.55. The lowest BCUT2D eigenvalue weighted by Gasteiger charge is -2.31. The first-order chi connectivity index (χ1) is 11.7. The smallest absolute Gasteiger partial charge is 0.414 e. The molecule has 3 rings (SSSR count). The second-order valence-electron chi connectivity index (χ2n) is 4.72. The standard InChI is InChI=1S/C14H17ClN2O4/c15-7-12-8-17(14(19)21-12)11-3-1-10(2-4-11)16-5-6-20-9-13(16)18/h1,3,12H,2,4-9H2/t12-/m0/s1/i2D2,4D2. The van der Waals surface area contributed by atoms with Crippen LogP contribution in [0.25, 0.3) is 0 Å². The quantitative estimate of drug-likeness (QED) is 0.740. The molecule has 0 bridgehead atoms. The Labute approximate surface area is 133 Å². The molecule has 0 aromatic carbocycles. The van der Waals surface area contributed by atoms with E-state index in [9.17, 15) is 9.59 Å². The Kier molecular flexibility index (Phi) is 2.96. The van der Waals surface area contributed by atoms with Crippen molar-refractivity contribution in [3.63, 3.8) is 0 Å². The first kappa shape index (κ1) is 10.2. The van der Waals surface area contributed by atoms with E-state index in [0.717, 1.165) is 4.90 Å². The van der Waals surface area contributed by atoms with Crippen molar-refractivity contribution < 1.29 is 24.5 Å². The van der Waals surface area contributed by atoms with Gasteiger partial charge in [0, 0.05) is 23.4 Å². The van der Waals surface area contributed by atoms with Gasteiger partial charge in [0.2, 0.25) is 0 Å². The number of nitrogens with zero attached hydrogens (tertiary/aromatic N) is 2. The molecule has 2 amide bonds. The van der Waals surface area contributed by atoms with Crippen LogP contribution in [0.1, 0.15) is 18.2 Å². The predicted octanol–water partition coefficient (Wildman–Crippen LogP) is 1.47. The maximum Gasteiger partial charge on any atom is 0.414 e. The number of amides is 2. The van der Waals surface area contributed by atoms with Gasteiger partial charge in [-0.05, 0) is 24.9 Å². The van der Waals surface area contributed by atoms with Crippen molar-refractivity contribution in [1.29, 1.82) is 0 Å². The lowest BCUT2D eigenvalue weighted by Crippen LogP contribution is -2.41. The maximum absolute atomic E-state index is 12.0. The summed E-state index contributed by atoms with van der Waals surface area (Å²) in [7, 11) is 0. The van der Waals surface area contributed by atoms with Crippen molar-refractivity contribution in [3.8, 4) is 0 Å². The number of rotatable bonds is 3. The van der Waals surface area contributed by atoms with Gasteiger partial charge in [0.05, 0.1) is 19.0 Å². The van der Waals surface area contributed by atoms with E-state index in [-0.39, 0.29) is 43.6 Å². The van der Waals surface area contributed by atoms with Gasteiger partial charge >= 0.3 is 6.09 Å². The van der Waals surface area contributed by atoms with Crippen molar-refractivity contribution in [1.82, 2.24) is 9.80 Å². The van der Waals surface area contributed by atoms with Crippen LogP contribution in [0.5, 0.6) is 0 Å². The molecule has 2 aliphatic heterocycles. The number of hydrogen-bond donors (Lipinski definition) is 0. The van der Waals surface area contributed by atoms with Crippen LogP contribution in [0.2, 0.25) is 0 Å². The molecular formula is C14H17ClN2O4. The molecule has 3 aliphatic rings. The van der Waals surface area contributed by atoms with Crippen molar-refractivity contribution in [3.05, 3.63) is 23.5 Å². The molecule has 0 spiro atoms. The van der Waals surface area contributed by atoms with Crippen molar-refractivity contribution >= 4 is 23.6 Å². The Morgan fingerprint density at radius 1 is 1.29 bits per heavy atom. The highest BCUT2D eigenvalue weighted by molar-refractivity contribution is 6.18. The minimum atomic E-state index is -2.55. The number of hydrogen-bond acceptors (Lipinski definition) is 4. The summed E-state index contributed by atoms with van der Waals surface area (Å²) in [6.07, 6.45) is -3.77. The molecule has 7 heteroatoms. The molecule has 0 N–H and O–H groups in total. The fourth-order valence-electron chi connectivity index (χ4n) is 2.26. The van der Waals surface area contributed by atoms with E-state index in [1.807, 2.05) is 0 Å². The van der Waals surface area contributed by atoms with Crippen molar-refractivity contribution in [2.24, 2.45) is 0 Å². The van der Waals surface area contributed by atoms with Crippen LogP contribution in [0, 0.1) is 0 Å². The monoisotopic (exact) mass is 316 g/mol. The van der Waals surface area contributed by atoms with Crippen LogP contribution in [0.4, 0.5) is 4.79 Å². The van der Waals surface area contributed by atoms with Gasteiger partial charge in [-0.1, -0.05) is 0 Å². The van der Waals surface area contributed by atoms with E-state index in [4.69, 9.17) is 26.6 Å². The SMILES string of the molecule is [2H]C1([2H])C(N2CCOCC2=O)=CC=C(N2C[C@H](CCl)OC2=O)C1([2H])[2H]. The van der Waals surface area contributed by atoms with Crippen LogP contribution in [0.3, 0.4) is 0 Å². The second kappa shape index (κ2) is 6.07. The Hall–Kier alpha value is -1.53. The fraction of sp³-hybridized carbons (Fsp3) is 0.571. The van der Waals surface area contributed by atoms with Crippen molar-refractivity contribution in [2.45, 2.75) is 18.8 Å². The molecule has 2 heterocycles. The van der Waals surface area contributed by atoms with Crippen LogP contribution in [-0.4, -0.2) is 60.1 Å². The highest BCUT2D eigenvalue weighted by Gasteiger charge is 2.33. The Balaban J connectivity index is 1.98. The number of alkyl halides is 1. The van der Waals surface area contributed by atoms with E-state index < -0.39 is 30.9 Å². The number of ether oxygens (including phenoxy) is 2. The van der Waals surface area contributed by atoms with Gasteiger partial charge in [0.1, 0.15) is 12.7 Å². The molecule has 2 fully saturated rings. The first-order valence-corrected chi connectivity index (χ1v) is 7.08. The van der Waals surface area contributed by atoms with E-state index in [0.29, 0.717) is 0 Å². The largest absolute Gasteiger partial charge is 0.443 e. The molecule has 21 heavy (non-hydrogen) atoms. The lowest BCUT2D eigenvalue weighted by molar-refractivity contribution is -0.140. The zero-order valence-electron chi connectivity index (χ0n) is 15.2. The Morgan fingerprint density at radius 2 is 2.00 bits per heavy atom. The highest BCUT2D eigenvalue weighted by atomic mass is 35.5. The maximum atomic E-state index is 12.0. The van der Waals surface area contributed by atoms with Gasteiger partial charge in [-0.15, -0.1) is 11.6 Å². The topological polar surface area (TPSA) is 59.1 Å². The molecule has 0 saturated carbocycles. The van der Waals surface area contributed by atoms with Crippen LogP contribution in [0.15, 0.2) is 23.5 Å². The minimum absolute atomic E-state index is 0.0451. The summed E-state index contributed by atoms with van der Waals surface area (Å²) in [4.78, 5) is 26.3. The second-order valence-corrected chi connectivity index (χ2v) is 5.03. The summed E-state index contributed by atoms with van der Waals surface area (Å²) < 4.78 is 43.3. The van der Waals surface area contributed by atoms with Crippen molar-refractivity contribution in [2.75, 3.05) is 32.2 Å². The number of cyclic esters (lactones) is 1. The van der Waals surface area contributed by atoms with Crippen LogP contribution >= 0.6 is 11.6 Å². The van der Waals surface area contributed by atoms with E-state index >= 15 is 0 Å². The zero-order valence-corrected chi connectivity index (χ0v) is 11.9. The number of morpholine rings is 1. The third-order valence-corrected chi connectivity index (χ3v) is 3.68. The highest BCUT2D eigenvalue weighted by Crippen LogP contribution is 2.28. The molecule has 0 radical (unpaired) electrons. The molecule has 1 aliphatic carbocycles. The summed E-state index contributed by atoms with van der Waals surface area (Å²) >= 11 is 5.69. The molecule has 0 unspecified atom stereocenters. The summed E-state index contributed by atoms with van der Waals surface area (Å²) in [6.45, 7) is 0.254. The van der Waals surface area contributed by atoms with Crippen LogP contribution < -0.4 is 0 Å². The van der Waals surface area contributed by atoms with Gasteiger partial charge in [-0.3, -0.25) is 9.69 Å². The number of carbonyl (C=O) groups is 2. The van der Waals surface area contributed by atoms with Gasteiger partial charge in [-0.25, -0.2) is 4.79 Å². The molecule has 0 aromatic rings. The third-order valence-electron chi connectivity index (χ3n) is 3.33. The normalized spacial score (nSPS) is 34.2. The third kappa shape index (κ3) is 2.91. The predicted molar refractivity (Wildman–Crippen MR) is 75.6 cm³/mol. The summed E-state index contributed by atoms with van der Waals surface area (Å²) in [5, 5.41) is 0. The molecule has 114 valence electrons. The van der Waals surface area contributed by atoms with Gasteiger partial charge in [0.15, 0.2) is 0 Å². The van der Waals surface area contributed by atoms with E-state index in [1.54, 1.807) is 0 Å². The van der Waals surface area contributed by atoms with Gasteiger partial charge < -0.3 is 14.4 Å². The lowest BCUT2D eigenvalue weighted by atomic mass is 10.1. The van der Waals surface area contributed by atoms with Gasteiger partial charge in [0.25, 0.3) is 5.91 Å². The molecule has 0 aromatic heterocycles. The Bertz CT molecular complexity index is 667. The molecule has 1 atom stereocenters. The summed E-state index contributed by atoms with van der Waals surface area (Å²) in [6, 6.07) is 0. The average Bonchev–Trinajstić information content (AvgIpc) is 2.92. The minimum Gasteiger partial charge on any atom is -0.443 e. The van der Waals surface area contributed by atoms with Gasteiger partial charge in [-0.2, -0.15) is 0 Å². The number of allylic oxidation sites excluding steroid dienone is 4. The number of carbonyl (C=O) groups excluding carboxylic acids is 2. The summed E-state index contributed by atoms with van der Waals surface area (Å²) in [5.41, 5.74) is -0.240. The average molecular weight is 317 g/mol. The molecule has 2 saturated heterocycles. The molecular weight excluding hydrogens is 296 g/mol. The molecule has 6 nitrogen and oxygen atoms in total. The fourth-order valence-corrected chi connectivity index (χ4v) is 2.42. The zero-order chi connectivity index (χ0) is 18.4. The van der Waals surface area contributed by atoms with E-state index in [2.05, 4.69) is 0 Å². The van der Waals surface area contributed by atoms with E-state index in [1.165, 1.54) is 17.1 Å². The summed E-state index contributed by atoms with van der Waals surface area (Å²) in [5.74, 6) is -0.369. The number of halogens is 1. The Morgan fingerprint density at radius 3 is 2.62 bits per heavy atom.